The molecule has 0 spiro atoms. The van der Waals surface area contributed by atoms with E-state index in [-0.39, 0.29) is 11.3 Å². The van der Waals surface area contributed by atoms with E-state index in [0.29, 0.717) is 18.5 Å². The highest BCUT2D eigenvalue weighted by molar-refractivity contribution is 5.62. The molecule has 0 amide bonds. The summed E-state index contributed by atoms with van der Waals surface area (Å²) in [6.07, 6.45) is -1.64. The number of rotatable bonds is 3. The zero-order valence-electron chi connectivity index (χ0n) is 10.4. The van der Waals surface area contributed by atoms with Crippen LogP contribution in [0.4, 0.5) is 18.9 Å². The Hall–Kier alpha value is -1.56. The fourth-order valence-corrected chi connectivity index (χ4v) is 2.11. The maximum absolute atomic E-state index is 12.4. The molecular weight excluding hydrogens is 259 g/mol. The Kier molecular flexibility index (Phi) is 3.54. The van der Waals surface area contributed by atoms with Gasteiger partial charge >= 0.3 is 6.36 Å². The quantitative estimate of drug-likeness (QED) is 0.853. The molecule has 19 heavy (non-hydrogen) atoms. The van der Waals surface area contributed by atoms with E-state index in [1.165, 1.54) is 18.3 Å². The highest BCUT2D eigenvalue weighted by Gasteiger charge is 2.41. The molecule has 1 aromatic rings. The molecule has 3 nitrogen and oxygen atoms in total. The smallest absolute Gasteiger partial charge is 0.405 e. The van der Waals surface area contributed by atoms with Crippen molar-refractivity contribution < 1.29 is 23.0 Å². The number of nitrogens with zero attached hydrogens (tertiary/aromatic N) is 1. The van der Waals surface area contributed by atoms with Gasteiger partial charge in [-0.1, -0.05) is 6.07 Å². The molecule has 1 N–H and O–H groups in total. The van der Waals surface area contributed by atoms with Crippen LogP contribution < -0.4 is 4.74 Å². The van der Waals surface area contributed by atoms with Crippen molar-refractivity contribution in [2.24, 2.45) is 4.99 Å². The van der Waals surface area contributed by atoms with Crippen molar-refractivity contribution in [1.82, 2.24) is 0 Å². The van der Waals surface area contributed by atoms with Crippen molar-refractivity contribution in [3.8, 4) is 5.75 Å². The third-order valence-corrected chi connectivity index (χ3v) is 3.15. The van der Waals surface area contributed by atoms with Crippen LogP contribution >= 0.6 is 0 Å². The lowest BCUT2D eigenvalue weighted by molar-refractivity contribution is -0.275. The largest absolute Gasteiger partial charge is 0.573 e. The lowest BCUT2D eigenvalue weighted by Gasteiger charge is -2.38. The number of ether oxygens (including phenoxy) is 1. The zero-order chi connectivity index (χ0) is 14.1. The van der Waals surface area contributed by atoms with Crippen molar-refractivity contribution in [3.63, 3.8) is 0 Å². The Morgan fingerprint density at radius 3 is 2.53 bits per heavy atom. The molecule has 1 fully saturated rings. The first kappa shape index (κ1) is 13.9. The number of benzene rings is 1. The maximum atomic E-state index is 12.4. The monoisotopic (exact) mass is 273 g/mol. The third kappa shape index (κ3) is 3.07. The summed E-state index contributed by atoms with van der Waals surface area (Å²) in [5, 5.41) is 10.2. The highest BCUT2D eigenvalue weighted by atomic mass is 19.4. The van der Waals surface area contributed by atoms with Crippen molar-refractivity contribution >= 4 is 11.9 Å². The molecule has 0 aromatic heterocycles. The van der Waals surface area contributed by atoms with E-state index in [0.717, 1.165) is 6.42 Å². The topological polar surface area (TPSA) is 41.8 Å². The Morgan fingerprint density at radius 2 is 2.05 bits per heavy atom. The molecule has 2 rings (SSSR count). The van der Waals surface area contributed by atoms with Crippen molar-refractivity contribution in [1.29, 1.82) is 0 Å². The van der Waals surface area contributed by atoms with E-state index >= 15 is 0 Å². The van der Waals surface area contributed by atoms with E-state index in [1.807, 2.05) is 0 Å². The van der Waals surface area contributed by atoms with Gasteiger partial charge in [-0.2, -0.15) is 0 Å². The average molecular weight is 273 g/mol. The Morgan fingerprint density at radius 1 is 1.37 bits per heavy atom. The van der Waals surface area contributed by atoms with Gasteiger partial charge in [-0.05, 0) is 32.3 Å². The van der Waals surface area contributed by atoms with Gasteiger partial charge in [0, 0.05) is 17.8 Å². The minimum absolute atomic E-state index is 0.172. The average Bonchev–Trinajstić information content (AvgIpc) is 2.24. The molecule has 0 saturated heterocycles. The van der Waals surface area contributed by atoms with Gasteiger partial charge in [0.25, 0.3) is 0 Å². The first-order valence-corrected chi connectivity index (χ1v) is 5.95. The summed E-state index contributed by atoms with van der Waals surface area (Å²) in [4.78, 5) is 3.91. The van der Waals surface area contributed by atoms with Gasteiger partial charge in [0.05, 0.1) is 11.3 Å². The summed E-state index contributed by atoms with van der Waals surface area (Å²) in [6.45, 7) is 1.66. The molecule has 1 saturated carbocycles. The summed E-state index contributed by atoms with van der Waals surface area (Å²) < 4.78 is 41.2. The fraction of sp³-hybridized carbons (Fsp3) is 0.462. The van der Waals surface area contributed by atoms with Crippen molar-refractivity contribution in [2.75, 3.05) is 0 Å². The van der Waals surface area contributed by atoms with Crippen LogP contribution in [0.1, 0.15) is 31.7 Å². The summed E-state index contributed by atoms with van der Waals surface area (Å²) in [6, 6.07) is 4.20. The van der Waals surface area contributed by atoms with Gasteiger partial charge in [-0.3, -0.25) is 4.99 Å². The molecular formula is C13H14F3NO2. The van der Waals surface area contributed by atoms with E-state index in [2.05, 4.69) is 9.73 Å². The molecule has 0 radical (unpaired) electrons. The van der Waals surface area contributed by atoms with E-state index in [4.69, 9.17) is 0 Å². The number of halogens is 3. The molecule has 0 atom stereocenters. The molecule has 1 aliphatic rings. The molecule has 0 bridgehead atoms. The lowest BCUT2D eigenvalue weighted by atomic mass is 9.75. The minimum Gasteiger partial charge on any atom is -0.405 e. The lowest BCUT2D eigenvalue weighted by Crippen LogP contribution is -2.34. The van der Waals surface area contributed by atoms with Crippen LogP contribution in [0, 0.1) is 0 Å². The standard InChI is InChI=1S/C13H14F3NO2/c1-2-17-9-4-5-10(12(18)6-3-7-12)11(8-9)19-13(14,15)16/h2,4-5,8,18H,3,6-7H2,1H3. The van der Waals surface area contributed by atoms with Gasteiger partial charge in [0.2, 0.25) is 0 Å². The second kappa shape index (κ2) is 4.85. The molecule has 104 valence electrons. The van der Waals surface area contributed by atoms with E-state index in [1.54, 1.807) is 13.0 Å². The van der Waals surface area contributed by atoms with Gasteiger partial charge < -0.3 is 9.84 Å². The fourth-order valence-electron chi connectivity index (χ4n) is 2.11. The molecule has 1 aliphatic carbocycles. The predicted molar refractivity (Wildman–Crippen MR) is 64.7 cm³/mol. The number of hydrogen-bond donors (Lipinski definition) is 1. The van der Waals surface area contributed by atoms with Crippen LogP contribution in [-0.2, 0) is 5.60 Å². The number of aliphatic imine (C=N–C) groups is 1. The second-order valence-corrected chi connectivity index (χ2v) is 4.50. The summed E-state index contributed by atoms with van der Waals surface area (Å²) in [7, 11) is 0. The SMILES string of the molecule is CC=Nc1ccc(C2(O)CCC2)c(OC(F)(F)F)c1. The van der Waals surface area contributed by atoms with Gasteiger partial charge in [-0.25, -0.2) is 0 Å². The first-order chi connectivity index (χ1) is 8.84. The van der Waals surface area contributed by atoms with Gasteiger partial charge in [0.1, 0.15) is 5.75 Å². The number of alkyl halides is 3. The molecule has 1 aromatic carbocycles. The molecule has 0 aliphatic heterocycles. The Balaban J connectivity index is 2.41. The van der Waals surface area contributed by atoms with Crippen LogP contribution in [0.15, 0.2) is 23.2 Å². The predicted octanol–water partition coefficient (Wildman–Crippen LogP) is 3.68. The molecule has 0 heterocycles. The first-order valence-electron chi connectivity index (χ1n) is 5.95. The van der Waals surface area contributed by atoms with Crippen molar-refractivity contribution in [2.45, 2.75) is 38.1 Å². The van der Waals surface area contributed by atoms with E-state index in [9.17, 15) is 18.3 Å². The van der Waals surface area contributed by atoms with Crippen LogP contribution in [0.5, 0.6) is 5.75 Å². The Labute approximate surface area is 108 Å². The normalized spacial score (nSPS) is 18.4. The van der Waals surface area contributed by atoms with E-state index < -0.39 is 12.0 Å². The van der Waals surface area contributed by atoms with Crippen LogP contribution in [0.3, 0.4) is 0 Å². The zero-order valence-corrected chi connectivity index (χ0v) is 10.4. The van der Waals surface area contributed by atoms with Crippen LogP contribution in [0.2, 0.25) is 0 Å². The summed E-state index contributed by atoms with van der Waals surface area (Å²) in [5.74, 6) is -0.377. The van der Waals surface area contributed by atoms with Crippen molar-refractivity contribution in [3.05, 3.63) is 23.8 Å². The Bertz CT molecular complexity index is 493. The third-order valence-electron chi connectivity index (χ3n) is 3.15. The van der Waals surface area contributed by atoms with Gasteiger partial charge in [-0.15, -0.1) is 13.2 Å². The maximum Gasteiger partial charge on any atom is 0.573 e. The van der Waals surface area contributed by atoms with Crippen LogP contribution in [0.25, 0.3) is 0 Å². The highest BCUT2D eigenvalue weighted by Crippen LogP contribution is 2.46. The minimum atomic E-state index is -4.79. The number of aliphatic hydroxyl groups is 1. The molecule has 6 heteroatoms. The number of hydrogen-bond acceptors (Lipinski definition) is 3. The van der Waals surface area contributed by atoms with Crippen LogP contribution in [-0.4, -0.2) is 17.7 Å². The summed E-state index contributed by atoms with van der Waals surface area (Å²) in [5.41, 5.74) is -0.686. The summed E-state index contributed by atoms with van der Waals surface area (Å²) >= 11 is 0. The van der Waals surface area contributed by atoms with Gasteiger partial charge in [0.15, 0.2) is 0 Å². The molecule has 0 unspecified atom stereocenters. The second-order valence-electron chi connectivity index (χ2n) is 4.50.